The van der Waals surface area contributed by atoms with E-state index in [1.165, 1.54) is 12.8 Å². The predicted molar refractivity (Wildman–Crippen MR) is 164 cm³/mol. The highest BCUT2D eigenvalue weighted by molar-refractivity contribution is 5.68. The third-order valence-corrected chi connectivity index (χ3v) is 15.5. The van der Waals surface area contributed by atoms with E-state index < -0.39 is 17.8 Å². The van der Waals surface area contributed by atoms with Crippen LogP contribution in [0, 0.1) is 50.7 Å². The molecule has 0 radical (unpaired) electrons. The maximum atomic E-state index is 12.8. The van der Waals surface area contributed by atoms with Crippen molar-refractivity contribution in [3.05, 3.63) is 0 Å². The Hall–Kier alpha value is -0.890. The average molecular weight is 602 g/mol. The molecule has 2 saturated heterocycles. The number of carbonyl (C=O) groups excluding carboxylic acids is 1. The first kappa shape index (κ1) is 30.7. The van der Waals surface area contributed by atoms with E-state index in [1.807, 2.05) is 25.7 Å². The first-order valence-electron chi connectivity index (χ1n) is 17.7. The van der Waals surface area contributed by atoms with Gasteiger partial charge in [0, 0.05) is 30.5 Å². The lowest BCUT2D eigenvalue weighted by Crippen LogP contribution is -2.60. The van der Waals surface area contributed by atoms with E-state index >= 15 is 0 Å². The molecular formula is C36H59NO6. The van der Waals surface area contributed by atoms with Crippen molar-refractivity contribution in [2.24, 2.45) is 50.7 Å². The number of hydrogen-bond donors (Lipinski definition) is 2. The Bertz CT molecular complexity index is 1130. The molecule has 7 nitrogen and oxygen atoms in total. The van der Waals surface area contributed by atoms with Gasteiger partial charge in [-0.15, -0.1) is 0 Å². The summed E-state index contributed by atoms with van der Waals surface area (Å²) in [4.78, 5) is 14.7. The minimum Gasteiger partial charge on any atom is -0.446 e. The molecule has 5 aliphatic carbocycles. The smallest absolute Gasteiger partial charge is 0.410 e. The van der Waals surface area contributed by atoms with E-state index in [-0.39, 0.29) is 46.1 Å². The topological polar surface area (TPSA) is 88.5 Å². The summed E-state index contributed by atoms with van der Waals surface area (Å²) < 4.78 is 19.2. The molecule has 1 amide bonds. The van der Waals surface area contributed by atoms with Crippen molar-refractivity contribution in [3.63, 3.8) is 0 Å². The monoisotopic (exact) mass is 601 g/mol. The summed E-state index contributed by atoms with van der Waals surface area (Å²) >= 11 is 0. The molecule has 7 rings (SSSR count). The van der Waals surface area contributed by atoms with E-state index in [2.05, 4.69) is 34.6 Å². The van der Waals surface area contributed by atoms with Gasteiger partial charge in [0.05, 0.1) is 23.9 Å². The second-order valence-electron chi connectivity index (χ2n) is 17.8. The molecule has 43 heavy (non-hydrogen) atoms. The largest absolute Gasteiger partial charge is 0.446 e. The Morgan fingerprint density at radius 1 is 1.05 bits per heavy atom. The number of nitrogens with zero attached hydrogens (tertiary/aromatic N) is 1. The number of amides is 1. The standard InChI is InChI=1S/C36H59NO6/c1-9-41-29(32(5,6)40)22-19-21(2)26-27(42-22)28(38)34(8)24-12-11-23-31(3,4)25(43-30(39)37-17-10-18-37)13-14-35(23)20-36(24,35)16-15-33(26,34)7/h21-29,38,40H,9-20H2,1-8H3/t21-,22-,23+,24?,25?,26+,27+,28+,29+,33?,34-,35?,36?/m1/s1. The van der Waals surface area contributed by atoms with Gasteiger partial charge in [0.2, 0.25) is 0 Å². The molecule has 0 bridgehead atoms. The minimum absolute atomic E-state index is 0.00329. The van der Waals surface area contributed by atoms with E-state index in [9.17, 15) is 15.0 Å². The molecule has 2 aliphatic heterocycles. The summed E-state index contributed by atoms with van der Waals surface area (Å²) in [6.45, 7) is 19.8. The lowest BCUT2D eigenvalue weighted by Gasteiger charge is -2.63. The van der Waals surface area contributed by atoms with Crippen LogP contribution in [0.4, 0.5) is 4.79 Å². The first-order valence-corrected chi connectivity index (χ1v) is 17.7. The molecule has 2 spiro atoms. The molecule has 5 saturated carbocycles. The van der Waals surface area contributed by atoms with Crippen LogP contribution < -0.4 is 0 Å². The molecule has 0 aromatic heterocycles. The summed E-state index contributed by atoms with van der Waals surface area (Å²) in [5.41, 5.74) is -0.718. The maximum Gasteiger partial charge on any atom is 0.410 e. The van der Waals surface area contributed by atoms with Crippen LogP contribution in [0.25, 0.3) is 0 Å². The molecular weight excluding hydrogens is 542 g/mol. The Labute approximate surface area is 259 Å². The lowest BCUT2D eigenvalue weighted by molar-refractivity contribution is -0.215. The van der Waals surface area contributed by atoms with Crippen molar-refractivity contribution >= 4 is 6.09 Å². The van der Waals surface area contributed by atoms with Crippen molar-refractivity contribution < 1.29 is 29.2 Å². The van der Waals surface area contributed by atoms with Crippen molar-refractivity contribution in [3.8, 4) is 0 Å². The second kappa shape index (κ2) is 9.58. The fourth-order valence-corrected chi connectivity index (χ4v) is 13.4. The lowest BCUT2D eigenvalue weighted by atomic mass is 9.41. The Morgan fingerprint density at radius 2 is 1.72 bits per heavy atom. The van der Waals surface area contributed by atoms with E-state index in [0.717, 1.165) is 58.0 Å². The zero-order valence-electron chi connectivity index (χ0n) is 28.2. The third kappa shape index (κ3) is 3.83. The van der Waals surface area contributed by atoms with Gasteiger partial charge >= 0.3 is 6.09 Å². The molecule has 5 unspecified atom stereocenters. The zero-order valence-corrected chi connectivity index (χ0v) is 28.2. The van der Waals surface area contributed by atoms with Crippen molar-refractivity contribution in [2.45, 2.75) is 149 Å². The number of ether oxygens (including phenoxy) is 3. The van der Waals surface area contributed by atoms with Crippen LogP contribution in [0.2, 0.25) is 0 Å². The van der Waals surface area contributed by atoms with Crippen molar-refractivity contribution in [1.82, 2.24) is 4.90 Å². The first-order chi connectivity index (χ1) is 20.1. The van der Waals surface area contributed by atoms with Gasteiger partial charge in [-0.05, 0) is 118 Å². The summed E-state index contributed by atoms with van der Waals surface area (Å²) in [5, 5.41) is 23.5. The average Bonchev–Trinajstić information content (AvgIpc) is 3.52. The Kier molecular flexibility index (Phi) is 6.85. The fourth-order valence-electron chi connectivity index (χ4n) is 13.4. The summed E-state index contributed by atoms with van der Waals surface area (Å²) in [7, 11) is 0. The summed E-state index contributed by atoms with van der Waals surface area (Å²) in [6, 6.07) is 0. The van der Waals surface area contributed by atoms with Gasteiger partial charge in [-0.1, -0.05) is 34.6 Å². The summed E-state index contributed by atoms with van der Waals surface area (Å²) in [5.74, 6) is 1.69. The highest BCUT2D eigenvalue weighted by Gasteiger charge is 2.84. The van der Waals surface area contributed by atoms with Crippen LogP contribution in [0.3, 0.4) is 0 Å². The normalized spacial score (nSPS) is 52.0. The molecule has 0 aromatic carbocycles. The van der Waals surface area contributed by atoms with Gasteiger partial charge in [0.25, 0.3) is 0 Å². The number of aliphatic hydroxyl groups excluding tert-OH is 1. The van der Waals surface area contributed by atoms with E-state index in [0.29, 0.717) is 35.7 Å². The van der Waals surface area contributed by atoms with E-state index in [4.69, 9.17) is 14.2 Å². The molecule has 7 aliphatic rings. The SMILES string of the molecule is CCO[C@@H]([C@H]1C[C@@H](C)[C@H]2[C@H](O1)[C@H](O)[C@@]1(C)C3CC[C@H]4C(C)(C)C(OC(=O)N5CCC5)CCC45CC35CCC21C)C(C)(C)O. The van der Waals surface area contributed by atoms with Gasteiger partial charge in [-0.2, -0.15) is 0 Å². The van der Waals surface area contributed by atoms with Crippen LogP contribution >= 0.6 is 0 Å². The molecule has 13 atom stereocenters. The van der Waals surface area contributed by atoms with Gasteiger partial charge in [-0.3, -0.25) is 0 Å². The molecule has 7 heteroatoms. The third-order valence-electron chi connectivity index (χ3n) is 15.5. The predicted octanol–water partition coefficient (Wildman–Crippen LogP) is 6.19. The molecule has 2 heterocycles. The Balaban J connectivity index is 1.16. The minimum atomic E-state index is -1.02. The van der Waals surface area contributed by atoms with Crippen LogP contribution in [0.5, 0.6) is 0 Å². The quantitative estimate of drug-likeness (QED) is 0.391. The highest BCUT2D eigenvalue weighted by Crippen LogP contribution is 2.89. The number of aliphatic hydroxyl groups is 2. The number of likely N-dealkylation sites (tertiary alicyclic amines) is 1. The van der Waals surface area contributed by atoms with Crippen LogP contribution in [0.1, 0.15) is 113 Å². The van der Waals surface area contributed by atoms with Gasteiger partial charge in [-0.25, -0.2) is 4.79 Å². The Morgan fingerprint density at radius 3 is 2.35 bits per heavy atom. The second-order valence-corrected chi connectivity index (χ2v) is 17.8. The highest BCUT2D eigenvalue weighted by atomic mass is 16.6. The molecule has 0 aromatic rings. The van der Waals surface area contributed by atoms with Crippen LogP contribution in [-0.4, -0.2) is 77.0 Å². The molecule has 244 valence electrons. The molecule has 2 N–H and O–H groups in total. The molecule has 7 fully saturated rings. The number of fused-ring (bicyclic) bond motifs is 4. The number of hydrogen-bond acceptors (Lipinski definition) is 6. The van der Waals surface area contributed by atoms with Gasteiger partial charge in [0.15, 0.2) is 0 Å². The summed E-state index contributed by atoms with van der Waals surface area (Å²) in [6.07, 6.45) is 8.41. The van der Waals surface area contributed by atoms with Crippen LogP contribution in [0.15, 0.2) is 0 Å². The number of carbonyl (C=O) groups is 1. The van der Waals surface area contributed by atoms with E-state index in [1.54, 1.807) is 0 Å². The zero-order chi connectivity index (χ0) is 31.0. The van der Waals surface area contributed by atoms with Crippen LogP contribution in [-0.2, 0) is 14.2 Å². The van der Waals surface area contributed by atoms with Gasteiger partial charge < -0.3 is 29.3 Å². The number of rotatable bonds is 5. The maximum absolute atomic E-state index is 12.8. The fraction of sp³-hybridized carbons (Fsp3) is 0.972. The van der Waals surface area contributed by atoms with Crippen molar-refractivity contribution in [2.75, 3.05) is 19.7 Å². The van der Waals surface area contributed by atoms with Crippen molar-refractivity contribution in [1.29, 1.82) is 0 Å². The van der Waals surface area contributed by atoms with Gasteiger partial charge in [0.1, 0.15) is 12.2 Å².